The lowest BCUT2D eigenvalue weighted by Crippen LogP contribution is -2.25. The smallest absolute Gasteiger partial charge is 0.220 e. The van der Waals surface area contributed by atoms with Crippen molar-refractivity contribution in [3.05, 3.63) is 6.92 Å². The molecule has 1 amide bonds. The van der Waals surface area contributed by atoms with E-state index in [1.165, 1.54) is 0 Å². The number of nitrogens with one attached hydrogen (secondary N) is 1. The molecule has 0 unspecified atom stereocenters. The van der Waals surface area contributed by atoms with Crippen molar-refractivity contribution in [3.8, 4) is 0 Å². The van der Waals surface area contributed by atoms with Gasteiger partial charge in [-0.05, 0) is 6.92 Å². The number of aliphatic hydroxyl groups is 1. The van der Waals surface area contributed by atoms with E-state index in [4.69, 9.17) is 5.11 Å². The molecule has 0 bridgehead atoms. The minimum absolute atomic E-state index is 0.00819. The Morgan fingerprint density at radius 1 is 1.75 bits per heavy atom. The molecule has 3 heteroatoms. The van der Waals surface area contributed by atoms with Gasteiger partial charge >= 0.3 is 0 Å². The van der Waals surface area contributed by atoms with Crippen molar-refractivity contribution < 1.29 is 9.90 Å². The molecule has 0 spiro atoms. The van der Waals surface area contributed by atoms with Crippen molar-refractivity contribution in [1.82, 2.24) is 5.32 Å². The van der Waals surface area contributed by atoms with Crippen LogP contribution < -0.4 is 5.32 Å². The SMILES string of the molecule is [CH2]CC(=O)NCCO. The molecule has 2 N–H and O–H groups in total. The maximum atomic E-state index is 10.3. The molecule has 0 fully saturated rings. The summed E-state index contributed by atoms with van der Waals surface area (Å²) < 4.78 is 0. The summed E-state index contributed by atoms with van der Waals surface area (Å²) in [4.78, 5) is 10.3. The van der Waals surface area contributed by atoms with Gasteiger partial charge in [-0.25, -0.2) is 0 Å². The quantitative estimate of drug-likeness (QED) is 0.513. The van der Waals surface area contributed by atoms with Crippen molar-refractivity contribution in [2.45, 2.75) is 6.42 Å². The minimum atomic E-state index is -0.126. The van der Waals surface area contributed by atoms with Crippen LogP contribution in [-0.2, 0) is 4.79 Å². The van der Waals surface area contributed by atoms with Gasteiger partial charge in [-0.2, -0.15) is 0 Å². The summed E-state index contributed by atoms with van der Waals surface area (Å²) in [6, 6.07) is 0. The Labute approximate surface area is 48.7 Å². The maximum Gasteiger partial charge on any atom is 0.220 e. The molecule has 0 aromatic rings. The highest BCUT2D eigenvalue weighted by atomic mass is 16.3. The number of carbonyl (C=O) groups is 1. The first-order chi connectivity index (χ1) is 3.81. The fourth-order valence-electron chi connectivity index (χ4n) is 0.284. The van der Waals surface area contributed by atoms with Crippen molar-refractivity contribution in [2.24, 2.45) is 0 Å². The third-order valence-electron chi connectivity index (χ3n) is 0.661. The van der Waals surface area contributed by atoms with Gasteiger partial charge in [-0.1, -0.05) is 0 Å². The monoisotopic (exact) mass is 116 g/mol. The summed E-state index contributed by atoms with van der Waals surface area (Å²) in [6.45, 7) is 3.66. The second-order valence-corrected chi connectivity index (χ2v) is 1.32. The largest absolute Gasteiger partial charge is 0.395 e. The van der Waals surface area contributed by atoms with E-state index in [-0.39, 0.29) is 18.9 Å². The lowest BCUT2D eigenvalue weighted by Gasteiger charge is -1.96. The molecular weight excluding hydrogens is 106 g/mol. The van der Waals surface area contributed by atoms with Crippen LogP contribution in [-0.4, -0.2) is 24.2 Å². The summed E-state index contributed by atoms with van der Waals surface area (Å²) >= 11 is 0. The summed E-state index contributed by atoms with van der Waals surface area (Å²) in [6.07, 6.45) is 0.236. The zero-order chi connectivity index (χ0) is 6.41. The molecule has 8 heavy (non-hydrogen) atoms. The van der Waals surface area contributed by atoms with Crippen LogP contribution in [0.4, 0.5) is 0 Å². The molecule has 0 aliphatic rings. The predicted molar refractivity (Wildman–Crippen MR) is 30.1 cm³/mol. The van der Waals surface area contributed by atoms with E-state index >= 15 is 0 Å². The molecule has 0 rings (SSSR count). The molecule has 0 aliphatic heterocycles. The van der Waals surface area contributed by atoms with Crippen LogP contribution in [0, 0.1) is 6.92 Å². The van der Waals surface area contributed by atoms with Gasteiger partial charge in [-0.3, -0.25) is 4.79 Å². The van der Waals surface area contributed by atoms with Crippen LogP contribution in [0.15, 0.2) is 0 Å². The highest BCUT2D eigenvalue weighted by Gasteiger charge is 1.91. The van der Waals surface area contributed by atoms with E-state index in [9.17, 15) is 4.79 Å². The highest BCUT2D eigenvalue weighted by molar-refractivity contribution is 5.76. The van der Waals surface area contributed by atoms with Gasteiger partial charge in [0.15, 0.2) is 0 Å². The molecule has 0 aliphatic carbocycles. The first-order valence-electron chi connectivity index (χ1n) is 2.48. The highest BCUT2D eigenvalue weighted by Crippen LogP contribution is 1.70. The number of amides is 1. The van der Waals surface area contributed by atoms with Crippen LogP contribution in [0.5, 0.6) is 0 Å². The third-order valence-corrected chi connectivity index (χ3v) is 0.661. The van der Waals surface area contributed by atoms with Crippen molar-refractivity contribution in [1.29, 1.82) is 0 Å². The average Bonchev–Trinajstić information content (AvgIpc) is 1.83. The summed E-state index contributed by atoms with van der Waals surface area (Å²) in [7, 11) is 0. The number of hydrogen-bond donors (Lipinski definition) is 2. The summed E-state index contributed by atoms with van der Waals surface area (Å²) in [5.74, 6) is -0.126. The molecule has 0 heterocycles. The topological polar surface area (TPSA) is 49.3 Å². The van der Waals surface area contributed by atoms with E-state index in [0.717, 1.165) is 0 Å². The van der Waals surface area contributed by atoms with E-state index < -0.39 is 0 Å². The fraction of sp³-hybridized carbons (Fsp3) is 0.600. The number of carbonyl (C=O) groups excluding carboxylic acids is 1. The average molecular weight is 116 g/mol. The van der Waals surface area contributed by atoms with Crippen molar-refractivity contribution in [3.63, 3.8) is 0 Å². The zero-order valence-electron chi connectivity index (χ0n) is 4.68. The molecule has 0 saturated carbocycles. The van der Waals surface area contributed by atoms with Gasteiger partial charge < -0.3 is 10.4 Å². The Morgan fingerprint density at radius 3 is 2.75 bits per heavy atom. The summed E-state index contributed by atoms with van der Waals surface area (Å²) in [5, 5.41) is 10.6. The molecule has 0 saturated heterocycles. The second-order valence-electron chi connectivity index (χ2n) is 1.32. The molecule has 0 aromatic heterocycles. The maximum absolute atomic E-state index is 10.3. The Hall–Kier alpha value is -0.570. The first-order valence-corrected chi connectivity index (χ1v) is 2.48. The van der Waals surface area contributed by atoms with Gasteiger partial charge in [0.25, 0.3) is 0 Å². The number of hydrogen-bond acceptors (Lipinski definition) is 2. The van der Waals surface area contributed by atoms with Gasteiger partial charge in [0.05, 0.1) is 6.61 Å². The van der Waals surface area contributed by atoms with E-state index in [1.807, 2.05) is 0 Å². The van der Waals surface area contributed by atoms with Gasteiger partial charge in [-0.15, -0.1) is 0 Å². The van der Waals surface area contributed by atoms with E-state index in [1.54, 1.807) is 0 Å². The lowest BCUT2D eigenvalue weighted by molar-refractivity contribution is -0.120. The van der Waals surface area contributed by atoms with Crippen LogP contribution in [0.1, 0.15) is 6.42 Å². The molecular formula is C5H10NO2. The Bertz CT molecular complexity index is 72.8. The lowest BCUT2D eigenvalue weighted by atomic mass is 10.4. The van der Waals surface area contributed by atoms with Gasteiger partial charge in [0.2, 0.25) is 5.91 Å². The fourth-order valence-corrected chi connectivity index (χ4v) is 0.284. The zero-order valence-corrected chi connectivity index (χ0v) is 4.68. The van der Waals surface area contributed by atoms with Crippen LogP contribution in [0.25, 0.3) is 0 Å². The molecule has 0 atom stereocenters. The number of aliphatic hydroxyl groups excluding tert-OH is 1. The van der Waals surface area contributed by atoms with E-state index in [0.29, 0.717) is 6.54 Å². The van der Waals surface area contributed by atoms with Gasteiger partial charge in [0, 0.05) is 13.0 Å². The molecule has 3 nitrogen and oxygen atoms in total. The minimum Gasteiger partial charge on any atom is -0.395 e. The van der Waals surface area contributed by atoms with Crippen LogP contribution >= 0.6 is 0 Å². The molecule has 0 aromatic carbocycles. The second kappa shape index (κ2) is 4.59. The Morgan fingerprint density at radius 2 is 2.38 bits per heavy atom. The van der Waals surface area contributed by atoms with Crippen molar-refractivity contribution >= 4 is 5.91 Å². The molecule has 1 radical (unpaired) electrons. The van der Waals surface area contributed by atoms with Crippen LogP contribution in [0.3, 0.4) is 0 Å². The standard InChI is InChI=1S/C5H10NO2/c1-2-5(8)6-3-4-7/h7H,1-4H2,(H,6,8). The van der Waals surface area contributed by atoms with Gasteiger partial charge in [0.1, 0.15) is 0 Å². The normalized spacial score (nSPS) is 8.75. The van der Waals surface area contributed by atoms with Crippen molar-refractivity contribution in [2.75, 3.05) is 13.2 Å². The Balaban J connectivity index is 2.99. The predicted octanol–water partition coefficient (Wildman–Crippen LogP) is -0.681. The van der Waals surface area contributed by atoms with E-state index in [2.05, 4.69) is 12.2 Å². The summed E-state index contributed by atoms with van der Waals surface area (Å²) in [5.41, 5.74) is 0. The first kappa shape index (κ1) is 7.43. The number of rotatable bonds is 3. The molecule has 47 valence electrons. The third kappa shape index (κ3) is 3.61. The van der Waals surface area contributed by atoms with Crippen LogP contribution in [0.2, 0.25) is 0 Å². The Kier molecular flexibility index (Phi) is 4.26.